The molecule has 0 saturated heterocycles. The van der Waals surface area contributed by atoms with E-state index in [4.69, 9.17) is 40.6 Å². The molecular weight excluding hydrogens is 329 g/mol. The van der Waals surface area contributed by atoms with Crippen molar-refractivity contribution in [3.05, 3.63) is 57.5 Å². The molecule has 6 heteroatoms. The van der Waals surface area contributed by atoms with Gasteiger partial charge in [0.15, 0.2) is 0 Å². The predicted octanol–water partition coefficient (Wildman–Crippen LogP) is 5.15. The fourth-order valence-electron chi connectivity index (χ4n) is 2.17. The minimum atomic E-state index is 0.361. The summed E-state index contributed by atoms with van der Waals surface area (Å²) in [7, 11) is 0. The van der Waals surface area contributed by atoms with E-state index in [1.54, 1.807) is 6.07 Å². The molecule has 1 aromatic heterocycles. The molecule has 2 aromatic carbocycles. The van der Waals surface area contributed by atoms with Crippen LogP contribution in [0.25, 0.3) is 22.2 Å². The Bertz CT molecular complexity index is 820. The molecule has 0 atom stereocenters. The van der Waals surface area contributed by atoms with Gasteiger partial charge in [-0.25, -0.2) is 4.98 Å². The van der Waals surface area contributed by atoms with Crippen LogP contribution in [-0.2, 0) is 0 Å². The molecule has 0 spiro atoms. The number of anilines is 1. The van der Waals surface area contributed by atoms with Crippen molar-refractivity contribution in [1.82, 2.24) is 4.98 Å². The van der Waals surface area contributed by atoms with Crippen molar-refractivity contribution in [2.75, 3.05) is 5.43 Å². The second-order valence-electron chi connectivity index (χ2n) is 4.44. The van der Waals surface area contributed by atoms with E-state index in [0.29, 0.717) is 31.7 Å². The van der Waals surface area contributed by atoms with Gasteiger partial charge in [0.25, 0.3) is 0 Å². The standard InChI is InChI=1S/C15H10Cl3N3/c16-9-6-10(17)15-13(14(9)18)12(21-19)7-11(20-15)8-4-2-1-3-5-8/h1-7H,19H2,(H,20,21). The third-order valence-corrected chi connectivity index (χ3v) is 4.23. The van der Waals surface area contributed by atoms with Gasteiger partial charge in [0.2, 0.25) is 0 Å². The molecule has 0 aliphatic heterocycles. The average molecular weight is 339 g/mol. The summed E-state index contributed by atoms with van der Waals surface area (Å²) in [6, 6.07) is 13.1. The Kier molecular flexibility index (Phi) is 3.91. The molecule has 21 heavy (non-hydrogen) atoms. The molecular formula is C15H10Cl3N3. The van der Waals surface area contributed by atoms with Gasteiger partial charge in [0.05, 0.1) is 32.0 Å². The van der Waals surface area contributed by atoms with Crippen LogP contribution in [-0.4, -0.2) is 4.98 Å². The summed E-state index contributed by atoms with van der Waals surface area (Å²) < 4.78 is 0. The summed E-state index contributed by atoms with van der Waals surface area (Å²) in [4.78, 5) is 4.58. The van der Waals surface area contributed by atoms with Crippen LogP contribution in [0, 0.1) is 0 Å². The smallest absolute Gasteiger partial charge is 0.0933 e. The van der Waals surface area contributed by atoms with Gasteiger partial charge in [-0.05, 0) is 12.1 Å². The third kappa shape index (κ3) is 2.54. The Morgan fingerprint density at radius 1 is 0.952 bits per heavy atom. The maximum Gasteiger partial charge on any atom is 0.0933 e. The van der Waals surface area contributed by atoms with Crippen molar-refractivity contribution in [3.63, 3.8) is 0 Å². The highest BCUT2D eigenvalue weighted by Crippen LogP contribution is 2.40. The average Bonchev–Trinajstić information content (AvgIpc) is 2.52. The van der Waals surface area contributed by atoms with Crippen molar-refractivity contribution >= 4 is 51.4 Å². The summed E-state index contributed by atoms with van der Waals surface area (Å²) in [5.74, 6) is 5.61. The Morgan fingerprint density at radius 2 is 1.67 bits per heavy atom. The van der Waals surface area contributed by atoms with Gasteiger partial charge in [-0.15, -0.1) is 0 Å². The first-order valence-electron chi connectivity index (χ1n) is 6.12. The molecule has 1 heterocycles. The van der Waals surface area contributed by atoms with Crippen LogP contribution >= 0.6 is 34.8 Å². The van der Waals surface area contributed by atoms with Crippen molar-refractivity contribution in [2.24, 2.45) is 5.84 Å². The van der Waals surface area contributed by atoms with E-state index >= 15 is 0 Å². The van der Waals surface area contributed by atoms with Gasteiger partial charge >= 0.3 is 0 Å². The Morgan fingerprint density at radius 3 is 2.33 bits per heavy atom. The van der Waals surface area contributed by atoms with E-state index in [1.165, 1.54) is 0 Å². The number of benzene rings is 2. The fourth-order valence-corrected chi connectivity index (χ4v) is 2.92. The van der Waals surface area contributed by atoms with Crippen LogP contribution in [0.1, 0.15) is 0 Å². The fraction of sp³-hybridized carbons (Fsp3) is 0. The molecule has 106 valence electrons. The van der Waals surface area contributed by atoms with Gasteiger partial charge in [0.1, 0.15) is 0 Å². The van der Waals surface area contributed by atoms with Crippen molar-refractivity contribution in [2.45, 2.75) is 0 Å². The van der Waals surface area contributed by atoms with Gasteiger partial charge < -0.3 is 5.43 Å². The molecule has 0 fully saturated rings. The number of hydrogen-bond donors (Lipinski definition) is 2. The number of fused-ring (bicyclic) bond motifs is 1. The van der Waals surface area contributed by atoms with E-state index in [0.717, 1.165) is 11.3 Å². The molecule has 3 aromatic rings. The van der Waals surface area contributed by atoms with Crippen LogP contribution in [0.3, 0.4) is 0 Å². The summed E-state index contributed by atoms with van der Waals surface area (Å²) in [6.07, 6.45) is 0. The molecule has 3 nitrogen and oxygen atoms in total. The number of nitrogens with zero attached hydrogens (tertiary/aromatic N) is 1. The van der Waals surface area contributed by atoms with Crippen molar-refractivity contribution in [1.29, 1.82) is 0 Å². The zero-order valence-corrected chi connectivity index (χ0v) is 13.0. The molecule has 3 N–H and O–H groups in total. The van der Waals surface area contributed by atoms with Crippen molar-refractivity contribution in [3.8, 4) is 11.3 Å². The van der Waals surface area contributed by atoms with Crippen LogP contribution in [0.4, 0.5) is 5.69 Å². The van der Waals surface area contributed by atoms with Crippen LogP contribution < -0.4 is 11.3 Å². The molecule has 0 bridgehead atoms. The molecule has 3 rings (SSSR count). The zero-order valence-electron chi connectivity index (χ0n) is 10.7. The first kappa shape index (κ1) is 14.4. The number of nitrogen functional groups attached to an aromatic ring is 1. The van der Waals surface area contributed by atoms with Crippen LogP contribution in [0.15, 0.2) is 42.5 Å². The maximum atomic E-state index is 6.25. The van der Waals surface area contributed by atoms with Crippen LogP contribution in [0.2, 0.25) is 15.1 Å². The van der Waals surface area contributed by atoms with E-state index in [2.05, 4.69) is 10.4 Å². The second-order valence-corrected chi connectivity index (χ2v) is 5.64. The Hall–Kier alpha value is -1.52. The normalized spacial score (nSPS) is 10.9. The SMILES string of the molecule is NNc1cc(-c2ccccc2)nc2c(Cl)cc(Cl)c(Cl)c12. The maximum absolute atomic E-state index is 6.25. The number of nitrogens with two attached hydrogens (primary N) is 1. The number of nitrogens with one attached hydrogen (secondary N) is 1. The van der Waals surface area contributed by atoms with Crippen LogP contribution in [0.5, 0.6) is 0 Å². The summed E-state index contributed by atoms with van der Waals surface area (Å²) in [5.41, 5.74) is 5.51. The minimum absolute atomic E-state index is 0.361. The van der Waals surface area contributed by atoms with Gasteiger partial charge in [-0.3, -0.25) is 5.84 Å². The van der Waals surface area contributed by atoms with Gasteiger partial charge in [-0.2, -0.15) is 0 Å². The lowest BCUT2D eigenvalue weighted by atomic mass is 10.1. The zero-order chi connectivity index (χ0) is 15.0. The first-order chi connectivity index (χ1) is 10.1. The molecule has 0 amide bonds. The number of rotatable bonds is 2. The first-order valence-corrected chi connectivity index (χ1v) is 7.25. The van der Waals surface area contributed by atoms with Crippen molar-refractivity contribution < 1.29 is 0 Å². The number of hydrazine groups is 1. The van der Waals surface area contributed by atoms with E-state index in [1.807, 2.05) is 36.4 Å². The van der Waals surface area contributed by atoms with E-state index in [9.17, 15) is 0 Å². The third-order valence-electron chi connectivity index (χ3n) is 3.15. The highest BCUT2D eigenvalue weighted by molar-refractivity contribution is 6.48. The summed E-state index contributed by atoms with van der Waals surface area (Å²) >= 11 is 18.6. The summed E-state index contributed by atoms with van der Waals surface area (Å²) in [5, 5.41) is 1.76. The van der Waals surface area contributed by atoms with Gasteiger partial charge in [-0.1, -0.05) is 65.1 Å². The minimum Gasteiger partial charge on any atom is -0.323 e. The lowest BCUT2D eigenvalue weighted by Crippen LogP contribution is -2.08. The summed E-state index contributed by atoms with van der Waals surface area (Å²) in [6.45, 7) is 0. The lowest BCUT2D eigenvalue weighted by molar-refractivity contribution is 1.33. The number of halogens is 3. The quantitative estimate of drug-likeness (QED) is 0.386. The Balaban J connectivity index is 2.38. The van der Waals surface area contributed by atoms with E-state index < -0.39 is 0 Å². The molecule has 0 unspecified atom stereocenters. The topological polar surface area (TPSA) is 50.9 Å². The lowest BCUT2D eigenvalue weighted by Gasteiger charge is -2.12. The number of hydrogen-bond acceptors (Lipinski definition) is 3. The molecule has 0 aliphatic carbocycles. The molecule has 0 radical (unpaired) electrons. The number of pyridine rings is 1. The van der Waals surface area contributed by atoms with E-state index in [-0.39, 0.29) is 0 Å². The number of aromatic nitrogens is 1. The highest BCUT2D eigenvalue weighted by Gasteiger charge is 2.15. The highest BCUT2D eigenvalue weighted by atomic mass is 35.5. The second kappa shape index (κ2) is 5.70. The largest absolute Gasteiger partial charge is 0.323 e. The monoisotopic (exact) mass is 337 g/mol. The molecule has 0 saturated carbocycles. The Labute approximate surface area is 136 Å². The predicted molar refractivity (Wildman–Crippen MR) is 90.0 cm³/mol. The molecule has 0 aliphatic rings. The van der Waals surface area contributed by atoms with Gasteiger partial charge in [0, 0.05) is 10.9 Å².